The molecule has 0 N–H and O–H groups in total. The lowest BCUT2D eigenvalue weighted by Crippen LogP contribution is -2.20. The summed E-state index contributed by atoms with van der Waals surface area (Å²) in [6.45, 7) is 4.22. The van der Waals surface area contributed by atoms with Gasteiger partial charge in [-0.1, -0.05) is 80.4 Å². The normalized spacial score (nSPS) is 18.6. The van der Waals surface area contributed by atoms with Crippen LogP contribution in [0.3, 0.4) is 0 Å². The highest BCUT2D eigenvalue weighted by molar-refractivity contribution is 5.64. The third kappa shape index (κ3) is 5.10. The van der Waals surface area contributed by atoms with Crippen LogP contribution in [-0.2, 0) is 11.2 Å². The van der Waals surface area contributed by atoms with Crippen molar-refractivity contribution >= 4 is 0 Å². The minimum Gasteiger partial charge on any atom is -0.373 e. The van der Waals surface area contributed by atoms with E-state index in [1.165, 1.54) is 36.0 Å². The minimum atomic E-state index is -0.741. The first kappa shape index (κ1) is 22.7. The lowest BCUT2D eigenvalue weighted by atomic mass is 9.88. The predicted octanol–water partition coefficient (Wildman–Crippen LogP) is 8.31. The smallest absolute Gasteiger partial charge is 0.162 e. The molecule has 0 radical (unpaired) electrons. The van der Waals surface area contributed by atoms with E-state index in [1.54, 1.807) is 19.1 Å². The van der Waals surface area contributed by atoms with Crippen LogP contribution < -0.4 is 0 Å². The molecule has 0 amide bonds. The van der Waals surface area contributed by atoms with Crippen LogP contribution in [0, 0.1) is 18.6 Å². The summed E-state index contributed by atoms with van der Waals surface area (Å²) in [5, 5.41) is 0. The van der Waals surface area contributed by atoms with E-state index >= 15 is 0 Å². The number of hydrogen-bond acceptors (Lipinski definition) is 1. The SMILES string of the molecule is CCCCCc1ccc(-c2ccc(C3CCC(c4ccc(C)c(F)c4F)CO3)cc2)cc1. The predicted molar refractivity (Wildman–Crippen MR) is 127 cm³/mol. The van der Waals surface area contributed by atoms with Crippen LogP contribution >= 0.6 is 0 Å². The number of rotatable bonds is 7. The van der Waals surface area contributed by atoms with Gasteiger partial charge in [-0.15, -0.1) is 0 Å². The van der Waals surface area contributed by atoms with Crippen LogP contribution in [-0.4, -0.2) is 6.61 Å². The Morgan fingerprint density at radius 1 is 0.812 bits per heavy atom. The van der Waals surface area contributed by atoms with Gasteiger partial charge in [0, 0.05) is 5.92 Å². The second-order valence-corrected chi connectivity index (χ2v) is 8.97. The van der Waals surface area contributed by atoms with Gasteiger partial charge in [0.05, 0.1) is 12.7 Å². The number of hydrogen-bond donors (Lipinski definition) is 0. The Bertz CT molecular complexity index is 1020. The zero-order valence-corrected chi connectivity index (χ0v) is 19.0. The summed E-state index contributed by atoms with van der Waals surface area (Å²) >= 11 is 0. The quantitative estimate of drug-likeness (QED) is 0.340. The van der Waals surface area contributed by atoms with Gasteiger partial charge >= 0.3 is 0 Å². The van der Waals surface area contributed by atoms with Gasteiger partial charge < -0.3 is 4.74 Å². The molecule has 2 atom stereocenters. The Balaban J connectivity index is 1.37. The molecule has 1 fully saturated rings. The summed E-state index contributed by atoms with van der Waals surface area (Å²) in [7, 11) is 0. The highest BCUT2D eigenvalue weighted by Crippen LogP contribution is 2.37. The summed E-state index contributed by atoms with van der Waals surface area (Å²) in [6.07, 6.45) is 6.50. The average Bonchev–Trinajstić information content (AvgIpc) is 2.84. The zero-order valence-electron chi connectivity index (χ0n) is 19.0. The summed E-state index contributed by atoms with van der Waals surface area (Å²) in [5.41, 5.74) is 5.72. The van der Waals surface area contributed by atoms with E-state index in [1.807, 2.05) is 0 Å². The second kappa shape index (κ2) is 10.4. The van der Waals surface area contributed by atoms with Crippen molar-refractivity contribution in [3.63, 3.8) is 0 Å². The molecule has 1 aliphatic heterocycles. The Hall–Kier alpha value is -2.52. The van der Waals surface area contributed by atoms with Gasteiger partial charge in [-0.3, -0.25) is 0 Å². The first-order valence-electron chi connectivity index (χ1n) is 11.8. The van der Waals surface area contributed by atoms with Crippen molar-refractivity contribution in [1.29, 1.82) is 0 Å². The molecule has 32 heavy (non-hydrogen) atoms. The Labute approximate surface area is 190 Å². The molecular formula is C29H32F2O. The number of ether oxygens (including phenoxy) is 1. The van der Waals surface area contributed by atoms with E-state index in [0.717, 1.165) is 24.8 Å². The van der Waals surface area contributed by atoms with Crippen molar-refractivity contribution in [3.8, 4) is 11.1 Å². The first-order valence-corrected chi connectivity index (χ1v) is 11.8. The van der Waals surface area contributed by atoms with Gasteiger partial charge in [0.2, 0.25) is 0 Å². The van der Waals surface area contributed by atoms with Crippen molar-refractivity contribution in [1.82, 2.24) is 0 Å². The van der Waals surface area contributed by atoms with Crippen molar-refractivity contribution in [2.24, 2.45) is 0 Å². The van der Waals surface area contributed by atoms with Crippen LogP contribution in [0.25, 0.3) is 11.1 Å². The van der Waals surface area contributed by atoms with Gasteiger partial charge in [-0.2, -0.15) is 0 Å². The van der Waals surface area contributed by atoms with Crippen LogP contribution in [0.4, 0.5) is 8.78 Å². The molecule has 2 unspecified atom stereocenters. The molecule has 1 aliphatic rings. The fourth-order valence-corrected chi connectivity index (χ4v) is 4.57. The Morgan fingerprint density at radius 3 is 2.12 bits per heavy atom. The minimum absolute atomic E-state index is 0.000372. The lowest BCUT2D eigenvalue weighted by Gasteiger charge is -2.30. The van der Waals surface area contributed by atoms with Crippen molar-refractivity contribution in [3.05, 3.63) is 94.6 Å². The fraction of sp³-hybridized carbons (Fsp3) is 0.379. The summed E-state index contributed by atoms with van der Waals surface area (Å²) in [4.78, 5) is 0. The molecule has 0 aromatic heterocycles. The van der Waals surface area contributed by atoms with E-state index in [0.29, 0.717) is 17.7 Å². The van der Waals surface area contributed by atoms with Crippen LogP contribution in [0.2, 0.25) is 0 Å². The third-order valence-electron chi connectivity index (χ3n) is 6.66. The van der Waals surface area contributed by atoms with E-state index < -0.39 is 11.6 Å². The van der Waals surface area contributed by atoms with Gasteiger partial charge in [0.1, 0.15) is 0 Å². The van der Waals surface area contributed by atoms with E-state index in [9.17, 15) is 8.78 Å². The van der Waals surface area contributed by atoms with Gasteiger partial charge in [-0.25, -0.2) is 8.78 Å². The number of unbranched alkanes of at least 4 members (excludes halogenated alkanes) is 2. The molecule has 3 aromatic carbocycles. The van der Waals surface area contributed by atoms with E-state index in [-0.39, 0.29) is 12.0 Å². The maximum absolute atomic E-state index is 14.3. The Kier molecular flexibility index (Phi) is 7.36. The van der Waals surface area contributed by atoms with E-state index in [4.69, 9.17) is 4.74 Å². The number of halogens is 2. The van der Waals surface area contributed by atoms with Crippen LogP contribution in [0.15, 0.2) is 60.7 Å². The highest BCUT2D eigenvalue weighted by Gasteiger charge is 2.27. The Morgan fingerprint density at radius 2 is 1.50 bits per heavy atom. The standard InChI is InChI=1S/C29H32F2O/c1-3-4-5-6-21-8-10-22(11-9-21)23-12-14-24(15-13-23)27-18-16-25(19-32-27)26-17-7-20(2)28(30)29(26)31/h7-15,17,25,27H,3-6,16,18-19H2,1-2H3. The molecule has 168 valence electrons. The molecular weight excluding hydrogens is 402 g/mol. The molecule has 1 saturated heterocycles. The summed E-state index contributed by atoms with van der Waals surface area (Å²) < 4.78 is 34.4. The fourth-order valence-electron chi connectivity index (χ4n) is 4.57. The largest absolute Gasteiger partial charge is 0.373 e. The van der Waals surface area contributed by atoms with Crippen molar-refractivity contribution in [2.75, 3.05) is 6.61 Å². The molecule has 0 saturated carbocycles. The van der Waals surface area contributed by atoms with Gasteiger partial charge in [-0.05, 0) is 66.0 Å². The lowest BCUT2D eigenvalue weighted by molar-refractivity contribution is 0.00163. The molecule has 0 spiro atoms. The van der Waals surface area contributed by atoms with Crippen LogP contribution in [0.5, 0.6) is 0 Å². The highest BCUT2D eigenvalue weighted by atomic mass is 19.2. The monoisotopic (exact) mass is 434 g/mol. The summed E-state index contributed by atoms with van der Waals surface area (Å²) in [5.74, 6) is -1.57. The average molecular weight is 435 g/mol. The molecule has 3 aromatic rings. The van der Waals surface area contributed by atoms with Crippen LogP contribution in [0.1, 0.15) is 73.3 Å². The molecule has 1 heterocycles. The van der Waals surface area contributed by atoms with Gasteiger partial charge in [0.25, 0.3) is 0 Å². The topological polar surface area (TPSA) is 9.23 Å². The maximum atomic E-state index is 14.3. The number of benzene rings is 3. The first-order chi connectivity index (χ1) is 15.6. The molecule has 0 bridgehead atoms. The number of aryl methyl sites for hydroxylation is 2. The van der Waals surface area contributed by atoms with Crippen molar-refractivity contribution in [2.45, 2.75) is 64.4 Å². The van der Waals surface area contributed by atoms with Gasteiger partial charge in [0.15, 0.2) is 11.6 Å². The molecule has 1 nitrogen and oxygen atoms in total. The maximum Gasteiger partial charge on any atom is 0.162 e. The van der Waals surface area contributed by atoms with E-state index in [2.05, 4.69) is 55.5 Å². The van der Waals surface area contributed by atoms with Crippen molar-refractivity contribution < 1.29 is 13.5 Å². The second-order valence-electron chi connectivity index (χ2n) is 8.97. The molecule has 0 aliphatic carbocycles. The summed E-state index contributed by atoms with van der Waals surface area (Å²) in [6, 6.07) is 20.8. The zero-order chi connectivity index (χ0) is 22.5. The third-order valence-corrected chi connectivity index (χ3v) is 6.66. The molecule has 3 heteroatoms. The molecule has 4 rings (SSSR count).